The van der Waals surface area contributed by atoms with Crippen LogP contribution in [0.1, 0.15) is 15.9 Å². The first kappa shape index (κ1) is 15.5. The van der Waals surface area contributed by atoms with Crippen molar-refractivity contribution in [2.24, 2.45) is 0 Å². The second-order valence-electron chi connectivity index (χ2n) is 4.36. The highest BCUT2D eigenvalue weighted by atomic mass is 79.9. The molecule has 5 nitrogen and oxygen atoms in total. The lowest BCUT2D eigenvalue weighted by molar-refractivity contribution is -0.383. The van der Waals surface area contributed by atoms with Gasteiger partial charge in [-0.1, -0.05) is 17.7 Å². The molecule has 0 radical (unpaired) electrons. The van der Waals surface area contributed by atoms with Crippen molar-refractivity contribution in [2.45, 2.75) is 6.92 Å². The number of nitrogens with zero attached hydrogens (tertiary/aromatic N) is 1. The average Bonchev–Trinajstić information content (AvgIpc) is 2.40. The van der Waals surface area contributed by atoms with Crippen molar-refractivity contribution < 1.29 is 9.72 Å². The van der Waals surface area contributed by atoms with Gasteiger partial charge in [-0.3, -0.25) is 14.9 Å². The van der Waals surface area contributed by atoms with Crippen LogP contribution in [-0.2, 0) is 0 Å². The number of halogens is 2. The fourth-order valence-electron chi connectivity index (χ4n) is 1.76. The molecule has 0 bridgehead atoms. The number of anilines is 1. The molecule has 1 N–H and O–H groups in total. The van der Waals surface area contributed by atoms with Crippen molar-refractivity contribution in [3.8, 4) is 0 Å². The molecule has 2 rings (SSSR count). The van der Waals surface area contributed by atoms with Crippen molar-refractivity contribution in [1.29, 1.82) is 0 Å². The Morgan fingerprint density at radius 3 is 2.62 bits per heavy atom. The molecule has 2 aromatic carbocycles. The van der Waals surface area contributed by atoms with Gasteiger partial charge >= 0.3 is 0 Å². The summed E-state index contributed by atoms with van der Waals surface area (Å²) in [4.78, 5) is 22.6. The maximum Gasteiger partial charge on any atom is 0.294 e. The second kappa shape index (κ2) is 6.24. The molecule has 108 valence electrons. The van der Waals surface area contributed by atoms with Crippen molar-refractivity contribution in [3.05, 3.63) is 67.1 Å². The Labute approximate surface area is 134 Å². The molecule has 7 heteroatoms. The van der Waals surface area contributed by atoms with E-state index in [1.807, 2.05) is 6.92 Å². The molecule has 0 aromatic heterocycles. The van der Waals surface area contributed by atoms with E-state index < -0.39 is 10.8 Å². The maximum absolute atomic E-state index is 12.2. The van der Waals surface area contributed by atoms with E-state index in [-0.39, 0.29) is 16.4 Å². The number of nitro benzene ring substituents is 1. The van der Waals surface area contributed by atoms with Crippen LogP contribution in [0.25, 0.3) is 0 Å². The minimum atomic E-state index is -0.592. The number of benzene rings is 2. The molecule has 1 amide bonds. The summed E-state index contributed by atoms with van der Waals surface area (Å²) in [5.74, 6) is -0.438. The van der Waals surface area contributed by atoms with Crippen LogP contribution in [0.3, 0.4) is 0 Å². The van der Waals surface area contributed by atoms with Crippen LogP contribution in [0.4, 0.5) is 11.4 Å². The molecule has 0 saturated carbocycles. The standard InChI is InChI=1S/C14H10BrClN2O3/c1-8-2-4-10(11(15)6-8)14(19)17-12-5-3-9(16)7-13(12)18(20)21/h2-7H,1H3,(H,17,19). The van der Waals surface area contributed by atoms with E-state index in [4.69, 9.17) is 11.6 Å². The number of aryl methyl sites for hydroxylation is 1. The van der Waals surface area contributed by atoms with Crippen LogP contribution in [0, 0.1) is 17.0 Å². The highest BCUT2D eigenvalue weighted by molar-refractivity contribution is 9.10. The molecule has 0 saturated heterocycles. The zero-order valence-corrected chi connectivity index (χ0v) is 13.2. The number of hydrogen-bond donors (Lipinski definition) is 1. The molecule has 21 heavy (non-hydrogen) atoms. The summed E-state index contributed by atoms with van der Waals surface area (Å²) in [6.45, 7) is 1.90. The zero-order chi connectivity index (χ0) is 15.6. The average molecular weight is 370 g/mol. The third kappa shape index (κ3) is 3.59. The minimum absolute atomic E-state index is 0.0990. The lowest BCUT2D eigenvalue weighted by atomic mass is 10.1. The minimum Gasteiger partial charge on any atom is -0.316 e. The molecular weight excluding hydrogens is 360 g/mol. The molecule has 0 spiro atoms. The molecule has 0 heterocycles. The van der Waals surface area contributed by atoms with E-state index in [1.165, 1.54) is 18.2 Å². The summed E-state index contributed by atoms with van der Waals surface area (Å²) in [5.41, 5.74) is 1.24. The molecule has 0 fully saturated rings. The van der Waals surface area contributed by atoms with Gasteiger partial charge in [0.1, 0.15) is 5.69 Å². The quantitative estimate of drug-likeness (QED) is 0.636. The number of nitrogens with one attached hydrogen (secondary N) is 1. The van der Waals surface area contributed by atoms with E-state index in [2.05, 4.69) is 21.2 Å². The van der Waals surface area contributed by atoms with Gasteiger partial charge in [0, 0.05) is 15.6 Å². The predicted octanol–water partition coefficient (Wildman–Crippen LogP) is 4.57. The fourth-order valence-corrected chi connectivity index (χ4v) is 2.60. The van der Waals surface area contributed by atoms with Crippen LogP contribution in [-0.4, -0.2) is 10.8 Å². The summed E-state index contributed by atoms with van der Waals surface area (Å²) in [6, 6.07) is 9.31. The van der Waals surface area contributed by atoms with Crippen molar-refractivity contribution in [2.75, 3.05) is 5.32 Å². The van der Waals surface area contributed by atoms with Crippen LogP contribution < -0.4 is 5.32 Å². The van der Waals surface area contributed by atoms with Crippen LogP contribution in [0.15, 0.2) is 40.9 Å². The highest BCUT2D eigenvalue weighted by Crippen LogP contribution is 2.29. The van der Waals surface area contributed by atoms with Crippen molar-refractivity contribution >= 4 is 44.8 Å². The molecule has 0 atom stereocenters. The normalized spacial score (nSPS) is 10.2. The molecule has 0 aliphatic rings. The first-order valence-corrected chi connectivity index (χ1v) is 7.07. The van der Waals surface area contributed by atoms with E-state index in [0.717, 1.165) is 5.56 Å². The van der Waals surface area contributed by atoms with Crippen LogP contribution in [0.2, 0.25) is 5.02 Å². The van der Waals surface area contributed by atoms with Crippen LogP contribution in [0.5, 0.6) is 0 Å². The number of nitro groups is 1. The molecule has 0 aliphatic carbocycles. The molecule has 0 aliphatic heterocycles. The topological polar surface area (TPSA) is 72.2 Å². The third-order valence-corrected chi connectivity index (χ3v) is 3.67. The first-order valence-electron chi connectivity index (χ1n) is 5.90. The predicted molar refractivity (Wildman–Crippen MR) is 84.9 cm³/mol. The molecule has 2 aromatic rings. The Kier molecular flexibility index (Phi) is 4.59. The number of hydrogen-bond acceptors (Lipinski definition) is 3. The smallest absolute Gasteiger partial charge is 0.294 e. The summed E-state index contributed by atoms with van der Waals surface area (Å²) >= 11 is 9.04. The first-order chi connectivity index (χ1) is 9.88. The molecule has 0 unspecified atom stereocenters. The van der Waals surface area contributed by atoms with Crippen LogP contribution >= 0.6 is 27.5 Å². The summed E-state index contributed by atoms with van der Waals surface area (Å²) in [5, 5.41) is 13.7. The van der Waals surface area contributed by atoms with Gasteiger partial charge < -0.3 is 5.32 Å². The summed E-state index contributed by atoms with van der Waals surface area (Å²) < 4.78 is 0.622. The van der Waals surface area contributed by atoms with E-state index in [1.54, 1.807) is 18.2 Å². The number of carbonyl (C=O) groups excluding carboxylic acids is 1. The van der Waals surface area contributed by atoms with Crippen molar-refractivity contribution in [3.63, 3.8) is 0 Å². The Bertz CT molecular complexity index is 734. The van der Waals surface area contributed by atoms with Gasteiger partial charge in [0.15, 0.2) is 0 Å². The largest absolute Gasteiger partial charge is 0.316 e. The van der Waals surface area contributed by atoms with Gasteiger partial charge in [0.05, 0.1) is 10.5 Å². The SMILES string of the molecule is Cc1ccc(C(=O)Nc2ccc(Cl)cc2[N+](=O)[O-])c(Br)c1. The van der Waals surface area contributed by atoms with Gasteiger partial charge in [-0.25, -0.2) is 0 Å². The van der Waals surface area contributed by atoms with E-state index >= 15 is 0 Å². The number of amides is 1. The van der Waals surface area contributed by atoms with Gasteiger partial charge in [-0.2, -0.15) is 0 Å². The monoisotopic (exact) mass is 368 g/mol. The van der Waals surface area contributed by atoms with Crippen molar-refractivity contribution in [1.82, 2.24) is 0 Å². The van der Waals surface area contributed by atoms with Gasteiger partial charge in [-0.05, 0) is 52.7 Å². The Morgan fingerprint density at radius 2 is 2.00 bits per heavy atom. The van der Waals surface area contributed by atoms with E-state index in [9.17, 15) is 14.9 Å². The second-order valence-corrected chi connectivity index (χ2v) is 5.65. The van der Waals surface area contributed by atoms with E-state index in [0.29, 0.717) is 10.0 Å². The summed E-state index contributed by atoms with van der Waals surface area (Å²) in [7, 11) is 0. The lowest BCUT2D eigenvalue weighted by Crippen LogP contribution is -2.13. The van der Waals surface area contributed by atoms with Gasteiger partial charge in [0.2, 0.25) is 0 Å². The third-order valence-electron chi connectivity index (χ3n) is 2.77. The Hall–Kier alpha value is -1.92. The van der Waals surface area contributed by atoms with Gasteiger partial charge in [0.25, 0.3) is 11.6 Å². The number of rotatable bonds is 3. The number of carbonyl (C=O) groups is 1. The lowest BCUT2D eigenvalue weighted by Gasteiger charge is -2.08. The fraction of sp³-hybridized carbons (Fsp3) is 0.0714. The Balaban J connectivity index is 2.34. The summed E-state index contributed by atoms with van der Waals surface area (Å²) in [6.07, 6.45) is 0. The maximum atomic E-state index is 12.2. The highest BCUT2D eigenvalue weighted by Gasteiger charge is 2.18. The molecular formula is C14H10BrClN2O3. The Morgan fingerprint density at radius 1 is 1.29 bits per heavy atom. The van der Waals surface area contributed by atoms with Gasteiger partial charge in [-0.15, -0.1) is 0 Å². The zero-order valence-electron chi connectivity index (χ0n) is 10.9.